The lowest BCUT2D eigenvalue weighted by Gasteiger charge is -2.48. The van der Waals surface area contributed by atoms with Gasteiger partial charge in [0.25, 0.3) is 0 Å². The minimum Gasteiger partial charge on any atom is -0.511 e. The van der Waals surface area contributed by atoms with E-state index in [1.54, 1.807) is 42.7 Å². The summed E-state index contributed by atoms with van der Waals surface area (Å²) in [6, 6.07) is 25.7. The maximum absolute atomic E-state index is 15.1. The maximum atomic E-state index is 15.1. The first-order valence-electron chi connectivity index (χ1n) is 50.6. The molecule has 4 heterocycles. The zero-order valence-corrected chi connectivity index (χ0v) is 39.7. The number of aromatic nitrogens is 6. The van der Waals surface area contributed by atoms with Crippen molar-refractivity contribution in [3.8, 4) is 57.4 Å². The van der Waals surface area contributed by atoms with Crippen LogP contribution in [-0.2, 0) is 28.5 Å². The Hall–Kier alpha value is -7.31. The number of nitrogens with zero attached hydrogens (tertiary/aromatic N) is 8. The third-order valence-electron chi connectivity index (χ3n) is 16.3. The topological polar surface area (TPSA) is 162 Å². The van der Waals surface area contributed by atoms with Crippen LogP contribution in [0.1, 0.15) is 197 Å². The summed E-state index contributed by atoms with van der Waals surface area (Å²) in [5.41, 5.74) is 8.90. The number of Topliss-reactive ketones (excluding diaryl/α,β-unsaturated/α-hetero) is 1. The van der Waals surface area contributed by atoms with Crippen LogP contribution in [0.4, 0.5) is 8.78 Å². The zero-order chi connectivity index (χ0) is 101. The highest BCUT2D eigenvalue weighted by molar-refractivity contribution is 6.02. The van der Waals surface area contributed by atoms with Gasteiger partial charge in [-0.1, -0.05) is 58.0 Å². The molecule has 2 fully saturated rings. The Morgan fingerprint density at radius 2 is 1.20 bits per heavy atom. The van der Waals surface area contributed by atoms with Gasteiger partial charge in [-0.3, -0.25) is 14.8 Å². The molecule has 12 heteroatoms. The van der Waals surface area contributed by atoms with Gasteiger partial charge in [-0.05, 0) is 118 Å². The van der Waals surface area contributed by atoms with Crippen LogP contribution in [0.15, 0.2) is 108 Å². The molecule has 70 heavy (non-hydrogen) atoms. The van der Waals surface area contributed by atoms with Gasteiger partial charge >= 0.3 is 0 Å². The molecule has 6 aliphatic rings. The van der Waals surface area contributed by atoms with E-state index in [1.807, 2.05) is 44.2 Å². The number of halogens is 2. The molecule has 0 spiro atoms. The number of pyridine rings is 2. The molecule has 0 unspecified atom stereocenters. The number of carbonyl (C=O) groups is 1. The van der Waals surface area contributed by atoms with E-state index < -0.39 is 10.8 Å². The highest BCUT2D eigenvalue weighted by atomic mass is 19.1. The third-order valence-corrected chi connectivity index (χ3v) is 16.3. The number of allylic oxidation sites excluding steroid dienone is 4. The van der Waals surface area contributed by atoms with Crippen LogP contribution in [0, 0.1) is 58.0 Å². The number of nitriles is 2. The summed E-state index contributed by atoms with van der Waals surface area (Å²) in [6.45, 7) is 8.09. The van der Waals surface area contributed by atoms with E-state index >= 15 is 8.78 Å². The van der Waals surface area contributed by atoms with E-state index in [0.29, 0.717) is 70.8 Å². The summed E-state index contributed by atoms with van der Waals surface area (Å²) in [6.07, 6.45) is 13.3. The molecule has 12 rings (SSSR count). The fraction of sp³-hybridized carbons (Fsp3) is 0.362. The smallest absolute Gasteiger partial charge is 0.176 e. The van der Waals surface area contributed by atoms with Gasteiger partial charge in [0.2, 0.25) is 0 Å². The lowest BCUT2D eigenvalue weighted by atomic mass is 9.56. The summed E-state index contributed by atoms with van der Waals surface area (Å²) in [4.78, 5) is 42.0. The first-order valence-corrected chi connectivity index (χ1v) is 24.6. The SMILES string of the molecule is C[C@H]1C(=O)C(C#N)=C[C@@]2(C)c3nc(-c4ccnc(C5CC5)c4)nc(-c4ccccc4F)c3CC[C@H]12.C[C@H]1C(O)=C(C#N)C[C@@]2(C)c3nc(-c4ccnc(C5CC5)c4)nc(-c4ccccc4F)c3CC[C@H]12.[3HH].[3H][3H].[3H][3H].[3H][3H].[3H][3H].[3H][3H].[3H][3H].[3H][3H].[3H][3H].[3H][3H].[3H][3H].[3H][3H].[3H][3H].[3H][3H].[3H][3H].[3H][3H].[3H][3H].[3H][3H].[3H][3H].[3H][3H].[3H][3H].[3H][3H].[3H][3H].[3H][3H].[3H][3H].[3H][3H].[3H][3H]. The Bertz CT molecular complexity index is 3430. The number of hydrogen-bond acceptors (Lipinski definition) is 10. The fourth-order valence-electron chi connectivity index (χ4n) is 12.2. The van der Waals surface area contributed by atoms with Gasteiger partial charge in [-0.2, -0.15) is 10.5 Å². The van der Waals surface area contributed by atoms with E-state index in [1.165, 1.54) is 12.1 Å². The van der Waals surface area contributed by atoms with Gasteiger partial charge < -0.3 is 5.11 Å². The van der Waals surface area contributed by atoms with Crippen LogP contribution in [0.25, 0.3) is 45.3 Å². The number of benzene rings is 2. The average molecular weight is 1090 g/mol. The van der Waals surface area contributed by atoms with Crippen LogP contribution in [0.2, 0.25) is 0 Å². The van der Waals surface area contributed by atoms with Crippen molar-refractivity contribution in [1.29, 1.82) is 10.5 Å². The molecule has 2 aromatic carbocycles. The quantitative estimate of drug-likeness (QED) is 0.170. The van der Waals surface area contributed by atoms with Crippen LogP contribution in [0.3, 0.4) is 0 Å². The minimum atomic E-state index is -0.629. The third kappa shape index (κ3) is 7.60. The first-order chi connectivity index (χ1) is 59.8. The lowest BCUT2D eigenvalue weighted by molar-refractivity contribution is -0.121. The van der Waals surface area contributed by atoms with Gasteiger partial charge in [0.1, 0.15) is 23.5 Å². The number of fused-ring (bicyclic) bond motifs is 6. The van der Waals surface area contributed by atoms with E-state index in [0.717, 1.165) is 83.6 Å². The molecule has 10 nitrogen and oxygen atoms in total. The molecular formula is C58H106F2N8O2. The summed E-state index contributed by atoms with van der Waals surface area (Å²) in [7, 11) is 0. The number of hydrogen-bond donors (Lipinski definition) is 1. The van der Waals surface area contributed by atoms with Crippen molar-refractivity contribution < 1.29 is 97.3 Å². The molecule has 404 valence electrons. The Morgan fingerprint density at radius 1 is 0.686 bits per heavy atom. The van der Waals surface area contributed by atoms with Crippen LogP contribution in [0.5, 0.6) is 0 Å². The van der Waals surface area contributed by atoms with Crippen LogP contribution in [-0.4, -0.2) is 40.8 Å². The van der Waals surface area contributed by atoms with Gasteiger partial charge in [0.05, 0.1) is 40.0 Å². The van der Waals surface area contributed by atoms with Crippen molar-refractivity contribution in [1.82, 2.24) is 29.9 Å². The second kappa shape index (κ2) is 17.3. The van der Waals surface area contributed by atoms with Crippen molar-refractivity contribution >= 4 is 5.78 Å². The van der Waals surface area contributed by atoms with E-state index in [4.69, 9.17) is 97.1 Å². The van der Waals surface area contributed by atoms with Crippen LogP contribution < -0.4 is 0 Å². The predicted molar refractivity (Wildman–Crippen MR) is 318 cm³/mol. The molecular weight excluding hydrogens is 879 g/mol. The molecule has 4 aromatic heterocycles. The highest BCUT2D eigenvalue weighted by Crippen LogP contribution is 2.55. The molecule has 6 aliphatic carbocycles. The van der Waals surface area contributed by atoms with Gasteiger partial charge in [0, 0.05) is 170 Å². The van der Waals surface area contributed by atoms with E-state index in [-0.39, 0.29) is 53.8 Å². The number of ketones is 1. The number of rotatable bonds is 6. The monoisotopic (exact) mass is 1090 g/mol. The molecule has 1 N–H and O–H groups in total. The van der Waals surface area contributed by atoms with Crippen molar-refractivity contribution in [3.63, 3.8) is 0 Å². The molecule has 0 bridgehead atoms. The molecule has 0 radical (unpaired) electrons. The summed E-state index contributed by atoms with van der Waals surface area (Å²) >= 11 is 0. The summed E-state index contributed by atoms with van der Waals surface area (Å²) < 4.78 is 290. The molecule has 0 saturated heterocycles. The van der Waals surface area contributed by atoms with Crippen molar-refractivity contribution in [2.45, 2.75) is 108 Å². The average Bonchev–Trinajstić information content (AvgIpc) is 1.73. The minimum absolute atomic E-state index is 0. The number of aliphatic hydroxyl groups is 1. The van der Waals surface area contributed by atoms with Crippen molar-refractivity contribution in [2.75, 3.05) is 0 Å². The van der Waals surface area contributed by atoms with E-state index in [2.05, 4.69) is 42.0 Å². The normalized spacial score (nSPS) is 28.4. The molecule has 6 atom stereocenters. The van der Waals surface area contributed by atoms with Gasteiger partial charge in [-0.25, -0.2) is 28.7 Å². The van der Waals surface area contributed by atoms with Crippen molar-refractivity contribution in [3.05, 3.63) is 154 Å². The molecule has 6 aromatic rings. The zero-order valence-electron chi connectivity index (χ0n) is 91.7. The Balaban J connectivity index is -0.0000000794. The Kier molecular flexibility index (Phi) is 6.04. The summed E-state index contributed by atoms with van der Waals surface area (Å²) in [5, 5.41) is 30.2. The second-order valence-corrected chi connectivity index (χ2v) is 20.6. The number of carbonyl (C=O) groups excluding carboxylic acids is 1. The van der Waals surface area contributed by atoms with Gasteiger partial charge in [-0.15, -0.1) is 0 Å². The fourth-order valence-corrected chi connectivity index (χ4v) is 12.2. The van der Waals surface area contributed by atoms with Gasteiger partial charge in [0.15, 0.2) is 17.4 Å². The Morgan fingerprint density at radius 3 is 1.71 bits per heavy atom. The number of aliphatic hydroxyl groups excluding tert-OH is 1. The Labute approximate surface area is 488 Å². The molecule has 0 amide bonds. The van der Waals surface area contributed by atoms with Crippen LogP contribution >= 0.6 is 0 Å². The standard InChI is InChI=1S/C29H27FN4O.C29H25FN4O.27H2/c2*1-16-22-10-9-21-25(20-5-3-4-6-23(20)30)33-28(18-11-12-32-24(13-18)17-7-8-17)34-27(21)29(22,2)14-19(15-31)26(16)35;;;;;;;;;;;;;;;;;;;;;;;;;;;/h3-6,11-13,16-17,22,35H,7-10,14H2,1-2H3;3-6,11-14,16-17,22H,7-10H2,1-2H3;27*1H/t2*16-,22-,29-;;;;;;;;;;;;;;;;;;;;;;;;;;;/m11.........................../s1/i;;26*1+2T;1+2. The van der Waals surface area contributed by atoms with Crippen molar-refractivity contribution in [2.24, 2.45) is 23.7 Å². The highest BCUT2D eigenvalue weighted by Gasteiger charge is 2.52. The largest absolute Gasteiger partial charge is 0.511 e. The predicted octanol–water partition coefficient (Wildman–Crippen LogP) is 18.8. The first kappa shape index (κ1) is 24.5. The molecule has 2 saturated carbocycles. The lowest BCUT2D eigenvalue weighted by Crippen LogP contribution is -2.46. The molecule has 0 aliphatic heterocycles. The summed E-state index contributed by atoms with van der Waals surface area (Å²) in [5.74, 6) is 1.20. The van der Waals surface area contributed by atoms with E-state index in [9.17, 15) is 20.4 Å². The maximum Gasteiger partial charge on any atom is 0.176 e. The second-order valence-electron chi connectivity index (χ2n) is 20.6.